The first-order valence-electron chi connectivity index (χ1n) is 9.21. The number of carbonyl (C=O) groups is 2. The van der Waals surface area contributed by atoms with Gasteiger partial charge in [-0.3, -0.25) is 25.3 Å². The van der Waals surface area contributed by atoms with Crippen molar-refractivity contribution in [3.8, 4) is 0 Å². The van der Waals surface area contributed by atoms with Crippen LogP contribution in [0.3, 0.4) is 0 Å². The first-order valence-corrected chi connectivity index (χ1v) is 9.21. The van der Waals surface area contributed by atoms with Gasteiger partial charge < -0.3 is 4.90 Å². The summed E-state index contributed by atoms with van der Waals surface area (Å²) in [6.45, 7) is 8.46. The Balaban J connectivity index is 1.62. The van der Waals surface area contributed by atoms with E-state index in [9.17, 15) is 9.59 Å². The van der Waals surface area contributed by atoms with Crippen LogP contribution in [0.15, 0.2) is 30.3 Å². The third-order valence-corrected chi connectivity index (χ3v) is 4.64. The molecule has 1 aromatic rings. The molecule has 0 bridgehead atoms. The van der Waals surface area contributed by atoms with Gasteiger partial charge in [-0.1, -0.05) is 38.5 Å². The van der Waals surface area contributed by atoms with Crippen LogP contribution >= 0.6 is 0 Å². The Morgan fingerprint density at radius 1 is 1.08 bits per heavy atom. The molecular formula is C19H30N4O2. The Bertz CT molecular complexity index is 542. The number of carbonyl (C=O) groups excluding carboxylic acids is 2. The van der Waals surface area contributed by atoms with Crippen LogP contribution in [0.4, 0.5) is 5.69 Å². The monoisotopic (exact) mass is 346 g/mol. The lowest BCUT2D eigenvalue weighted by molar-refractivity contribution is -0.131. The minimum atomic E-state index is -0.137. The second kappa shape index (κ2) is 10.0. The Morgan fingerprint density at radius 2 is 1.76 bits per heavy atom. The molecule has 1 saturated heterocycles. The van der Waals surface area contributed by atoms with Crippen molar-refractivity contribution >= 4 is 17.5 Å². The molecule has 1 fully saturated rings. The third kappa shape index (κ3) is 6.38. The minimum Gasteiger partial charge on any atom is -0.369 e. The van der Waals surface area contributed by atoms with Gasteiger partial charge >= 0.3 is 0 Å². The highest BCUT2D eigenvalue weighted by atomic mass is 16.2. The molecule has 6 nitrogen and oxygen atoms in total. The molecule has 0 aliphatic carbocycles. The fourth-order valence-corrected chi connectivity index (χ4v) is 3.01. The number of nitrogens with zero attached hydrogens (tertiary/aromatic N) is 2. The average molecular weight is 346 g/mol. The van der Waals surface area contributed by atoms with E-state index in [0.717, 1.165) is 45.6 Å². The molecule has 0 spiro atoms. The lowest BCUT2D eigenvalue weighted by Crippen LogP contribution is -2.48. The number of hydrazine groups is 1. The number of amides is 2. The van der Waals surface area contributed by atoms with Crippen molar-refractivity contribution in [2.45, 2.75) is 33.1 Å². The van der Waals surface area contributed by atoms with Crippen LogP contribution in [-0.4, -0.2) is 49.4 Å². The summed E-state index contributed by atoms with van der Waals surface area (Å²) >= 11 is 0. The average Bonchev–Trinajstić information content (AvgIpc) is 2.65. The number of piperazine rings is 1. The van der Waals surface area contributed by atoms with Crippen molar-refractivity contribution < 1.29 is 9.59 Å². The maximum absolute atomic E-state index is 11.9. The lowest BCUT2D eigenvalue weighted by Gasteiger charge is -2.36. The molecule has 6 heteroatoms. The molecule has 0 aromatic heterocycles. The van der Waals surface area contributed by atoms with Gasteiger partial charge in [0, 0.05) is 50.7 Å². The second-order valence-electron chi connectivity index (χ2n) is 6.64. The summed E-state index contributed by atoms with van der Waals surface area (Å²) in [5.74, 6) is -0.328. The predicted octanol–water partition coefficient (Wildman–Crippen LogP) is 1.78. The van der Waals surface area contributed by atoms with Gasteiger partial charge in [0.1, 0.15) is 0 Å². The number of nitrogens with one attached hydrogen (secondary N) is 2. The molecule has 25 heavy (non-hydrogen) atoms. The van der Waals surface area contributed by atoms with E-state index in [1.807, 2.05) is 19.9 Å². The zero-order valence-corrected chi connectivity index (χ0v) is 15.3. The highest BCUT2D eigenvalue weighted by Gasteiger charge is 2.18. The van der Waals surface area contributed by atoms with E-state index in [1.165, 1.54) is 5.69 Å². The zero-order chi connectivity index (χ0) is 18.1. The number of hydrogen-bond acceptors (Lipinski definition) is 4. The summed E-state index contributed by atoms with van der Waals surface area (Å²) in [5, 5.41) is 0. The summed E-state index contributed by atoms with van der Waals surface area (Å²) in [6, 6.07) is 10.4. The van der Waals surface area contributed by atoms with Gasteiger partial charge in [-0.25, -0.2) is 0 Å². The SMILES string of the molecule is CCCC(C)C(=O)NNC(=O)CCN1CCN(c2ccccc2)CC1. The van der Waals surface area contributed by atoms with Gasteiger partial charge in [0.05, 0.1) is 0 Å². The standard InChI is InChI=1S/C19H30N4O2/c1-3-7-16(2)19(25)21-20-18(24)10-11-22-12-14-23(15-13-22)17-8-5-4-6-9-17/h4-6,8-9,16H,3,7,10-15H2,1-2H3,(H,20,24)(H,21,25). The quantitative estimate of drug-likeness (QED) is 0.739. The first-order chi connectivity index (χ1) is 12.1. The topological polar surface area (TPSA) is 64.7 Å². The Morgan fingerprint density at radius 3 is 2.40 bits per heavy atom. The van der Waals surface area contributed by atoms with E-state index in [4.69, 9.17) is 0 Å². The third-order valence-electron chi connectivity index (χ3n) is 4.64. The highest BCUT2D eigenvalue weighted by Crippen LogP contribution is 2.15. The molecular weight excluding hydrogens is 316 g/mol. The molecule has 0 radical (unpaired) electrons. The maximum Gasteiger partial charge on any atom is 0.241 e. The molecule has 0 saturated carbocycles. The fourth-order valence-electron chi connectivity index (χ4n) is 3.01. The van der Waals surface area contributed by atoms with Gasteiger partial charge in [-0.05, 0) is 18.6 Å². The van der Waals surface area contributed by atoms with Crippen LogP contribution in [0.25, 0.3) is 0 Å². The molecule has 1 unspecified atom stereocenters. The Hall–Kier alpha value is -2.08. The molecule has 138 valence electrons. The maximum atomic E-state index is 11.9. The van der Waals surface area contributed by atoms with Gasteiger partial charge in [0.15, 0.2) is 0 Å². The second-order valence-corrected chi connectivity index (χ2v) is 6.64. The Labute approximate surface area is 150 Å². The fraction of sp³-hybridized carbons (Fsp3) is 0.579. The van der Waals surface area contributed by atoms with Crippen LogP contribution in [-0.2, 0) is 9.59 Å². The van der Waals surface area contributed by atoms with Crippen LogP contribution in [0.5, 0.6) is 0 Å². The van der Waals surface area contributed by atoms with Crippen LogP contribution in [0, 0.1) is 5.92 Å². The van der Waals surface area contributed by atoms with Gasteiger partial charge in [0.25, 0.3) is 0 Å². The van der Waals surface area contributed by atoms with E-state index >= 15 is 0 Å². The van der Waals surface area contributed by atoms with Gasteiger partial charge in [-0.15, -0.1) is 0 Å². The van der Waals surface area contributed by atoms with Crippen molar-refractivity contribution in [1.82, 2.24) is 15.8 Å². The summed E-state index contributed by atoms with van der Waals surface area (Å²) < 4.78 is 0. The summed E-state index contributed by atoms with van der Waals surface area (Å²) in [7, 11) is 0. The molecule has 2 N–H and O–H groups in total. The van der Waals surface area contributed by atoms with E-state index in [2.05, 4.69) is 44.9 Å². The van der Waals surface area contributed by atoms with Crippen molar-refractivity contribution in [2.75, 3.05) is 37.6 Å². The predicted molar refractivity (Wildman–Crippen MR) is 100 cm³/mol. The zero-order valence-electron chi connectivity index (χ0n) is 15.3. The van der Waals surface area contributed by atoms with Crippen molar-refractivity contribution in [1.29, 1.82) is 0 Å². The highest BCUT2D eigenvalue weighted by molar-refractivity contribution is 5.83. The van der Waals surface area contributed by atoms with E-state index in [1.54, 1.807) is 0 Å². The number of hydrogen-bond donors (Lipinski definition) is 2. The minimum absolute atomic E-state index is 0.0728. The number of rotatable bonds is 7. The van der Waals surface area contributed by atoms with Crippen LogP contribution in [0.2, 0.25) is 0 Å². The van der Waals surface area contributed by atoms with E-state index in [-0.39, 0.29) is 17.7 Å². The molecule has 2 amide bonds. The molecule has 1 heterocycles. The summed E-state index contributed by atoms with van der Waals surface area (Å²) in [6.07, 6.45) is 2.18. The van der Waals surface area contributed by atoms with E-state index in [0.29, 0.717) is 6.42 Å². The largest absolute Gasteiger partial charge is 0.369 e. The first kappa shape index (κ1) is 19.2. The van der Waals surface area contributed by atoms with Gasteiger partial charge in [-0.2, -0.15) is 0 Å². The molecule has 2 rings (SSSR count). The molecule has 1 aliphatic rings. The van der Waals surface area contributed by atoms with Crippen LogP contribution in [0.1, 0.15) is 33.1 Å². The van der Waals surface area contributed by atoms with Crippen molar-refractivity contribution in [3.63, 3.8) is 0 Å². The summed E-state index contributed by atoms with van der Waals surface area (Å²) in [5.41, 5.74) is 6.29. The van der Waals surface area contributed by atoms with Crippen LogP contribution < -0.4 is 15.8 Å². The molecule has 1 aliphatic heterocycles. The smallest absolute Gasteiger partial charge is 0.241 e. The van der Waals surface area contributed by atoms with Crippen molar-refractivity contribution in [2.24, 2.45) is 5.92 Å². The van der Waals surface area contributed by atoms with E-state index < -0.39 is 0 Å². The number of para-hydroxylation sites is 1. The van der Waals surface area contributed by atoms with Crippen molar-refractivity contribution in [3.05, 3.63) is 30.3 Å². The van der Waals surface area contributed by atoms with Gasteiger partial charge in [0.2, 0.25) is 11.8 Å². The number of anilines is 1. The Kier molecular flexibility index (Phi) is 7.73. The molecule has 1 atom stereocenters. The molecule has 1 aromatic carbocycles. The number of benzene rings is 1. The normalized spacial score (nSPS) is 16.3. The summed E-state index contributed by atoms with van der Waals surface area (Å²) in [4.78, 5) is 28.3. The lowest BCUT2D eigenvalue weighted by atomic mass is 10.1.